The molecule has 132 valence electrons. The molecule has 23 heavy (non-hydrogen) atoms. The van der Waals surface area contributed by atoms with Crippen molar-refractivity contribution in [3.63, 3.8) is 0 Å². The van der Waals surface area contributed by atoms with E-state index in [0.29, 0.717) is 0 Å². The van der Waals surface area contributed by atoms with Crippen LogP contribution >= 0.6 is 0 Å². The second kappa shape index (κ2) is 11.5. The van der Waals surface area contributed by atoms with Crippen LogP contribution in [0.3, 0.4) is 0 Å². The molecule has 1 rings (SSSR count). The third-order valence-electron chi connectivity index (χ3n) is 3.92. The van der Waals surface area contributed by atoms with E-state index in [1.54, 1.807) is 18.2 Å². The molecule has 0 saturated heterocycles. The van der Waals surface area contributed by atoms with Gasteiger partial charge in [0.15, 0.2) is 0 Å². The van der Waals surface area contributed by atoms with Crippen LogP contribution in [0.4, 0.5) is 5.69 Å². The highest BCUT2D eigenvalue weighted by Crippen LogP contribution is 2.20. The number of unbranched alkanes of at least 4 members (excludes halogenated alkanes) is 9. The van der Waals surface area contributed by atoms with E-state index in [9.17, 15) is 8.42 Å². The summed E-state index contributed by atoms with van der Waals surface area (Å²) in [4.78, 5) is 0.0621. The van der Waals surface area contributed by atoms with Crippen LogP contribution in [0.2, 0.25) is 0 Å². The number of anilines is 1. The van der Waals surface area contributed by atoms with Crippen molar-refractivity contribution in [1.82, 2.24) is 0 Å². The molecule has 0 radical (unpaired) electrons. The molecule has 1 aromatic rings. The lowest BCUT2D eigenvalue weighted by atomic mass is 10.1. The average molecular weight is 342 g/mol. The normalized spacial score (nSPS) is 11.7. The largest absolute Gasteiger partial charge is 0.398 e. The number of rotatable bonds is 13. The fourth-order valence-corrected chi connectivity index (χ4v) is 3.60. The lowest BCUT2D eigenvalue weighted by molar-refractivity contribution is 0.306. The van der Waals surface area contributed by atoms with E-state index < -0.39 is 10.1 Å². The first kappa shape index (κ1) is 20.0. The molecular formula is C18H31NO3S. The van der Waals surface area contributed by atoms with Gasteiger partial charge in [-0.3, -0.25) is 4.18 Å². The molecule has 0 saturated carbocycles. The first-order chi connectivity index (χ1) is 11.1. The zero-order valence-corrected chi connectivity index (χ0v) is 15.1. The van der Waals surface area contributed by atoms with E-state index in [0.717, 1.165) is 19.3 Å². The number of nitrogens with two attached hydrogens (primary N) is 1. The van der Waals surface area contributed by atoms with Gasteiger partial charge in [-0.1, -0.05) is 76.8 Å². The molecule has 0 amide bonds. The molecule has 0 spiro atoms. The minimum Gasteiger partial charge on any atom is -0.398 e. The van der Waals surface area contributed by atoms with Gasteiger partial charge >= 0.3 is 0 Å². The van der Waals surface area contributed by atoms with Crippen molar-refractivity contribution in [2.75, 3.05) is 12.3 Å². The Hall–Kier alpha value is -1.07. The van der Waals surface area contributed by atoms with E-state index in [1.165, 1.54) is 51.0 Å². The number of nitrogen functional groups attached to an aromatic ring is 1. The topological polar surface area (TPSA) is 69.4 Å². The SMILES string of the molecule is CCCCCCCCCCCCOS(=O)(=O)c1ccccc1N. The molecule has 0 aliphatic carbocycles. The van der Waals surface area contributed by atoms with Gasteiger partial charge in [-0.15, -0.1) is 0 Å². The van der Waals surface area contributed by atoms with E-state index in [1.807, 2.05) is 0 Å². The lowest BCUT2D eigenvalue weighted by Gasteiger charge is -2.07. The molecule has 0 fully saturated rings. The third-order valence-corrected chi connectivity index (χ3v) is 5.31. The number of hydrogen-bond donors (Lipinski definition) is 1. The molecule has 0 unspecified atom stereocenters. The van der Waals surface area contributed by atoms with Gasteiger partial charge in [0.25, 0.3) is 10.1 Å². The monoisotopic (exact) mass is 341 g/mol. The summed E-state index contributed by atoms with van der Waals surface area (Å²) in [6, 6.07) is 6.39. The summed E-state index contributed by atoms with van der Waals surface area (Å²) in [6.45, 7) is 2.46. The van der Waals surface area contributed by atoms with Crippen LogP contribution < -0.4 is 5.73 Å². The Bertz CT molecular complexity index is 529. The van der Waals surface area contributed by atoms with Crippen LogP contribution in [0.5, 0.6) is 0 Å². The quantitative estimate of drug-likeness (QED) is 0.315. The van der Waals surface area contributed by atoms with Gasteiger partial charge in [0, 0.05) is 0 Å². The van der Waals surface area contributed by atoms with Crippen molar-refractivity contribution >= 4 is 15.8 Å². The van der Waals surface area contributed by atoms with E-state index in [-0.39, 0.29) is 17.2 Å². The summed E-state index contributed by atoms with van der Waals surface area (Å²) in [5.41, 5.74) is 5.91. The Morgan fingerprint density at radius 3 is 1.96 bits per heavy atom. The summed E-state index contributed by atoms with van der Waals surface area (Å²) in [6.07, 6.45) is 12.1. The van der Waals surface area contributed by atoms with Crippen molar-refractivity contribution < 1.29 is 12.6 Å². The van der Waals surface area contributed by atoms with Gasteiger partial charge in [-0.2, -0.15) is 8.42 Å². The number of hydrogen-bond acceptors (Lipinski definition) is 4. The van der Waals surface area contributed by atoms with E-state index in [4.69, 9.17) is 9.92 Å². The zero-order chi connectivity index (χ0) is 17.0. The van der Waals surface area contributed by atoms with Crippen molar-refractivity contribution in [3.8, 4) is 0 Å². The number of para-hydroxylation sites is 1. The molecule has 2 N–H and O–H groups in total. The lowest BCUT2D eigenvalue weighted by Crippen LogP contribution is -2.09. The van der Waals surface area contributed by atoms with Gasteiger partial charge < -0.3 is 5.73 Å². The van der Waals surface area contributed by atoms with Crippen LogP contribution in [0.25, 0.3) is 0 Å². The fourth-order valence-electron chi connectivity index (χ4n) is 2.53. The summed E-state index contributed by atoms with van der Waals surface area (Å²) in [7, 11) is -3.73. The minimum absolute atomic E-state index is 0.0621. The van der Waals surface area contributed by atoms with Crippen LogP contribution in [-0.4, -0.2) is 15.0 Å². The van der Waals surface area contributed by atoms with Crippen LogP contribution in [0.1, 0.15) is 71.1 Å². The summed E-state index contributed by atoms with van der Waals surface area (Å²) < 4.78 is 29.1. The predicted octanol–water partition coefficient (Wildman–Crippen LogP) is 4.90. The van der Waals surface area contributed by atoms with Crippen molar-refractivity contribution in [3.05, 3.63) is 24.3 Å². The highest BCUT2D eigenvalue weighted by molar-refractivity contribution is 7.87. The molecule has 0 atom stereocenters. The Balaban J connectivity index is 2.08. The average Bonchev–Trinajstić information content (AvgIpc) is 2.53. The Kier molecular flexibility index (Phi) is 9.96. The second-order valence-corrected chi connectivity index (χ2v) is 7.58. The maximum atomic E-state index is 12.0. The summed E-state index contributed by atoms with van der Waals surface area (Å²) in [5, 5.41) is 0. The van der Waals surface area contributed by atoms with Crippen molar-refractivity contribution in [2.45, 2.75) is 76.0 Å². The van der Waals surface area contributed by atoms with E-state index >= 15 is 0 Å². The molecule has 0 aliphatic heterocycles. The molecule has 0 bridgehead atoms. The third kappa shape index (κ3) is 8.37. The Morgan fingerprint density at radius 2 is 1.39 bits per heavy atom. The Morgan fingerprint density at radius 1 is 0.870 bits per heavy atom. The maximum Gasteiger partial charge on any atom is 0.299 e. The summed E-state index contributed by atoms with van der Waals surface area (Å²) in [5.74, 6) is 0. The second-order valence-electron chi connectivity index (χ2n) is 6.00. The first-order valence-electron chi connectivity index (χ1n) is 8.82. The molecule has 0 heterocycles. The smallest absolute Gasteiger partial charge is 0.299 e. The van der Waals surface area contributed by atoms with Gasteiger partial charge in [0.2, 0.25) is 0 Å². The van der Waals surface area contributed by atoms with Gasteiger partial charge in [-0.05, 0) is 18.6 Å². The minimum atomic E-state index is -3.73. The number of benzene rings is 1. The standard InChI is InChI=1S/C18H31NO3S/c1-2-3-4-5-6-7-8-9-10-13-16-22-23(20,21)18-15-12-11-14-17(18)19/h11-12,14-15H,2-10,13,16,19H2,1H3. The van der Waals surface area contributed by atoms with Crippen LogP contribution in [0, 0.1) is 0 Å². The van der Waals surface area contributed by atoms with Crippen LogP contribution in [0.15, 0.2) is 29.2 Å². The Labute approximate surface area is 141 Å². The zero-order valence-electron chi connectivity index (χ0n) is 14.3. The van der Waals surface area contributed by atoms with Gasteiger partial charge in [-0.25, -0.2) is 0 Å². The molecule has 1 aromatic carbocycles. The van der Waals surface area contributed by atoms with Gasteiger partial charge in [0.05, 0.1) is 12.3 Å². The predicted molar refractivity (Wildman–Crippen MR) is 95.8 cm³/mol. The molecule has 0 aliphatic rings. The molecule has 4 nitrogen and oxygen atoms in total. The van der Waals surface area contributed by atoms with E-state index in [2.05, 4.69) is 6.92 Å². The molecular weight excluding hydrogens is 310 g/mol. The van der Waals surface area contributed by atoms with Crippen molar-refractivity contribution in [2.24, 2.45) is 0 Å². The maximum absolute atomic E-state index is 12.0. The highest BCUT2D eigenvalue weighted by Gasteiger charge is 2.17. The first-order valence-corrected chi connectivity index (χ1v) is 10.2. The molecule has 0 aromatic heterocycles. The molecule has 5 heteroatoms. The van der Waals surface area contributed by atoms with Gasteiger partial charge in [0.1, 0.15) is 4.90 Å². The summed E-state index contributed by atoms with van der Waals surface area (Å²) >= 11 is 0. The highest BCUT2D eigenvalue weighted by atomic mass is 32.2. The fraction of sp³-hybridized carbons (Fsp3) is 0.667. The van der Waals surface area contributed by atoms with Crippen molar-refractivity contribution in [1.29, 1.82) is 0 Å². The van der Waals surface area contributed by atoms with Crippen LogP contribution in [-0.2, 0) is 14.3 Å².